The maximum absolute atomic E-state index is 12.7. The highest BCUT2D eigenvalue weighted by atomic mass is 16.7. The van der Waals surface area contributed by atoms with Crippen LogP contribution in [0.2, 0.25) is 0 Å². The Bertz CT molecular complexity index is 853. The molecule has 0 spiro atoms. The summed E-state index contributed by atoms with van der Waals surface area (Å²) in [6.45, 7) is 0.477. The molecule has 0 bridgehead atoms. The summed E-state index contributed by atoms with van der Waals surface area (Å²) in [6, 6.07) is 16.3. The van der Waals surface area contributed by atoms with Gasteiger partial charge in [-0.15, -0.1) is 0 Å². The van der Waals surface area contributed by atoms with E-state index in [0.29, 0.717) is 29.4 Å². The van der Waals surface area contributed by atoms with Crippen LogP contribution in [0.4, 0.5) is 0 Å². The lowest BCUT2D eigenvalue weighted by molar-refractivity contribution is 0.100. The van der Waals surface area contributed by atoms with Crippen LogP contribution in [0.15, 0.2) is 65.3 Å². The number of benzene rings is 2. The summed E-state index contributed by atoms with van der Waals surface area (Å²) in [5.41, 5.74) is 1.39. The first-order chi connectivity index (χ1) is 11.8. The van der Waals surface area contributed by atoms with Crippen LogP contribution in [0, 0.1) is 0 Å². The van der Waals surface area contributed by atoms with Gasteiger partial charge in [-0.2, -0.15) is 0 Å². The van der Waals surface area contributed by atoms with Crippen molar-refractivity contribution in [1.29, 1.82) is 0 Å². The second-order valence-corrected chi connectivity index (χ2v) is 5.28. The molecule has 0 N–H and O–H groups in total. The summed E-state index contributed by atoms with van der Waals surface area (Å²) in [4.78, 5) is 12.7. The highest BCUT2D eigenvalue weighted by molar-refractivity contribution is 6.09. The summed E-state index contributed by atoms with van der Waals surface area (Å²) >= 11 is 0. The third-order valence-corrected chi connectivity index (χ3v) is 3.70. The van der Waals surface area contributed by atoms with Crippen LogP contribution in [0.1, 0.15) is 21.7 Å². The van der Waals surface area contributed by atoms with Gasteiger partial charge in [0.2, 0.25) is 12.6 Å². The number of carbonyl (C=O) groups is 1. The van der Waals surface area contributed by atoms with E-state index in [1.54, 1.807) is 24.3 Å². The van der Waals surface area contributed by atoms with Crippen LogP contribution in [0.5, 0.6) is 17.2 Å². The van der Waals surface area contributed by atoms with Gasteiger partial charge in [0.05, 0.1) is 11.8 Å². The average Bonchev–Trinajstić information content (AvgIpc) is 3.30. The normalized spacial score (nSPS) is 12.2. The Morgan fingerprint density at radius 2 is 1.79 bits per heavy atom. The first kappa shape index (κ1) is 14.4. The monoisotopic (exact) mass is 322 g/mol. The molecule has 3 aromatic rings. The molecule has 0 aliphatic carbocycles. The number of hydrogen-bond acceptors (Lipinski definition) is 5. The molecule has 1 aliphatic heterocycles. The largest absolute Gasteiger partial charge is 0.488 e. The van der Waals surface area contributed by atoms with Gasteiger partial charge in [-0.1, -0.05) is 30.3 Å². The van der Waals surface area contributed by atoms with E-state index in [1.165, 1.54) is 6.26 Å². The van der Waals surface area contributed by atoms with E-state index in [1.807, 2.05) is 30.3 Å². The highest BCUT2D eigenvalue weighted by Gasteiger charge is 2.24. The lowest BCUT2D eigenvalue weighted by atomic mass is 10.1. The van der Waals surface area contributed by atoms with Gasteiger partial charge in [-0.3, -0.25) is 4.79 Å². The SMILES string of the molecule is O=C(c1ccco1)c1cc2c(cc1OCc1ccccc1)OCO2. The predicted octanol–water partition coefficient (Wildman–Crippen LogP) is 3.82. The first-order valence-electron chi connectivity index (χ1n) is 7.50. The molecule has 0 fully saturated rings. The van der Waals surface area contributed by atoms with Gasteiger partial charge in [0.1, 0.15) is 12.4 Å². The van der Waals surface area contributed by atoms with Gasteiger partial charge in [-0.25, -0.2) is 0 Å². The van der Waals surface area contributed by atoms with Gasteiger partial charge in [0.25, 0.3) is 0 Å². The Morgan fingerprint density at radius 3 is 2.54 bits per heavy atom. The molecule has 1 aromatic heterocycles. The molecule has 0 atom stereocenters. The molecular formula is C19H14O5. The molecule has 1 aliphatic rings. The van der Waals surface area contributed by atoms with E-state index < -0.39 is 0 Å². The van der Waals surface area contributed by atoms with Crippen molar-refractivity contribution in [2.45, 2.75) is 6.61 Å². The van der Waals surface area contributed by atoms with E-state index in [-0.39, 0.29) is 18.3 Å². The molecule has 5 nitrogen and oxygen atoms in total. The summed E-state index contributed by atoms with van der Waals surface area (Å²) in [7, 11) is 0. The third kappa shape index (κ3) is 2.72. The number of ketones is 1. The quantitative estimate of drug-likeness (QED) is 0.668. The molecular weight excluding hydrogens is 308 g/mol. The summed E-state index contributed by atoms with van der Waals surface area (Å²) in [5, 5.41) is 0. The third-order valence-electron chi connectivity index (χ3n) is 3.70. The molecule has 4 rings (SSSR count). The van der Waals surface area contributed by atoms with Crippen molar-refractivity contribution in [2.75, 3.05) is 6.79 Å². The van der Waals surface area contributed by atoms with E-state index in [2.05, 4.69) is 0 Å². The minimum Gasteiger partial charge on any atom is -0.488 e. The lowest BCUT2D eigenvalue weighted by Gasteiger charge is -2.11. The molecule has 2 aromatic carbocycles. The minimum atomic E-state index is -0.263. The van der Waals surface area contributed by atoms with Crippen LogP contribution < -0.4 is 14.2 Å². The van der Waals surface area contributed by atoms with Crippen molar-refractivity contribution in [3.05, 3.63) is 77.7 Å². The predicted molar refractivity (Wildman–Crippen MR) is 85.5 cm³/mol. The fourth-order valence-electron chi connectivity index (χ4n) is 2.50. The van der Waals surface area contributed by atoms with E-state index in [4.69, 9.17) is 18.6 Å². The average molecular weight is 322 g/mol. The fourth-order valence-corrected chi connectivity index (χ4v) is 2.50. The first-order valence-corrected chi connectivity index (χ1v) is 7.50. The van der Waals surface area contributed by atoms with Gasteiger partial charge in [0.15, 0.2) is 17.3 Å². The Balaban J connectivity index is 1.67. The van der Waals surface area contributed by atoms with Crippen molar-refractivity contribution in [1.82, 2.24) is 0 Å². The van der Waals surface area contributed by atoms with Crippen LogP contribution >= 0.6 is 0 Å². The van der Waals surface area contributed by atoms with Gasteiger partial charge < -0.3 is 18.6 Å². The number of ether oxygens (including phenoxy) is 3. The molecule has 0 radical (unpaired) electrons. The molecule has 2 heterocycles. The van der Waals surface area contributed by atoms with Crippen molar-refractivity contribution in [2.24, 2.45) is 0 Å². The molecule has 120 valence electrons. The van der Waals surface area contributed by atoms with Gasteiger partial charge in [-0.05, 0) is 23.8 Å². The van der Waals surface area contributed by atoms with Crippen LogP contribution in [0.3, 0.4) is 0 Å². The number of carbonyl (C=O) groups excluding carboxylic acids is 1. The second kappa shape index (κ2) is 6.12. The number of fused-ring (bicyclic) bond motifs is 1. The maximum Gasteiger partial charge on any atom is 0.232 e. The number of hydrogen-bond donors (Lipinski definition) is 0. The van der Waals surface area contributed by atoms with Crippen molar-refractivity contribution in [3.63, 3.8) is 0 Å². The zero-order valence-electron chi connectivity index (χ0n) is 12.7. The van der Waals surface area contributed by atoms with Gasteiger partial charge >= 0.3 is 0 Å². The topological polar surface area (TPSA) is 57.9 Å². The number of furan rings is 1. The zero-order valence-corrected chi connectivity index (χ0v) is 12.7. The van der Waals surface area contributed by atoms with E-state index >= 15 is 0 Å². The molecule has 0 saturated carbocycles. The fraction of sp³-hybridized carbons (Fsp3) is 0.105. The molecule has 24 heavy (non-hydrogen) atoms. The Kier molecular flexibility index (Phi) is 3.67. The Labute approximate surface area is 138 Å². The maximum atomic E-state index is 12.7. The minimum absolute atomic E-state index is 0.131. The lowest BCUT2D eigenvalue weighted by Crippen LogP contribution is -2.05. The molecule has 5 heteroatoms. The Hall–Kier alpha value is -3.21. The van der Waals surface area contributed by atoms with Crippen LogP contribution in [0.25, 0.3) is 0 Å². The Morgan fingerprint density at radius 1 is 1.00 bits per heavy atom. The van der Waals surface area contributed by atoms with Crippen LogP contribution in [-0.2, 0) is 6.61 Å². The smallest absolute Gasteiger partial charge is 0.232 e. The van der Waals surface area contributed by atoms with E-state index in [0.717, 1.165) is 5.56 Å². The number of rotatable bonds is 5. The summed E-state index contributed by atoms with van der Waals surface area (Å²) < 4.78 is 21.8. The van der Waals surface area contributed by atoms with Crippen molar-refractivity contribution >= 4 is 5.78 Å². The van der Waals surface area contributed by atoms with Gasteiger partial charge in [0, 0.05) is 6.07 Å². The van der Waals surface area contributed by atoms with E-state index in [9.17, 15) is 4.79 Å². The van der Waals surface area contributed by atoms with Crippen molar-refractivity contribution < 1.29 is 23.4 Å². The summed E-state index contributed by atoms with van der Waals surface area (Å²) in [6.07, 6.45) is 1.46. The second-order valence-electron chi connectivity index (χ2n) is 5.28. The van der Waals surface area contributed by atoms with Crippen LogP contribution in [-0.4, -0.2) is 12.6 Å². The molecule has 0 amide bonds. The highest BCUT2D eigenvalue weighted by Crippen LogP contribution is 2.39. The standard InChI is InChI=1S/C19H14O5/c20-19(15-7-4-8-21-15)14-9-17-18(24-12-23-17)10-16(14)22-11-13-5-2-1-3-6-13/h1-10H,11-12H2. The zero-order chi connectivity index (χ0) is 16.4. The van der Waals surface area contributed by atoms with Crippen molar-refractivity contribution in [3.8, 4) is 17.2 Å². The molecule has 0 unspecified atom stereocenters. The molecule has 0 saturated heterocycles. The summed E-state index contributed by atoms with van der Waals surface area (Å²) in [5.74, 6) is 1.51.